The molecule has 8 nitrogen and oxygen atoms in total. The standard InChI is InChI=1S/C6H9N3O2S.C5H11NO2/c7-4(5(10)11)1-3-2-8-6(12)9-3;1-6(2,3)4-5(7)8/h2,4H,1,7H2,(H,10,11)(H2,8,9,12);4H2,1-3H3/t4-;/m0./s1. The van der Waals surface area contributed by atoms with Crippen molar-refractivity contribution in [3.63, 3.8) is 0 Å². The number of hydrogen-bond acceptors (Lipinski definition) is 5. The molecule has 0 unspecified atom stereocenters. The maximum absolute atomic E-state index is 10.3. The molecule has 0 aliphatic heterocycles. The SMILES string of the molecule is C[N+](C)(C)CC(=O)[O-].N[C@@H](Cc1c[nH]c(=S)[nH]1)C(=O)O. The van der Waals surface area contributed by atoms with Gasteiger partial charge in [0.2, 0.25) is 0 Å². The lowest BCUT2D eigenvalue weighted by molar-refractivity contribution is -0.864. The van der Waals surface area contributed by atoms with Crippen LogP contribution < -0.4 is 10.8 Å². The molecule has 0 amide bonds. The molecule has 1 atom stereocenters. The number of likely N-dealkylation sites (N-methyl/N-ethyl adjacent to an activating group) is 1. The minimum absolute atomic E-state index is 0.0694. The topological polar surface area (TPSA) is 135 Å². The maximum Gasteiger partial charge on any atom is 0.320 e. The summed E-state index contributed by atoms with van der Waals surface area (Å²) in [6.45, 7) is 0.0694. The van der Waals surface area contributed by atoms with E-state index >= 15 is 0 Å². The van der Waals surface area contributed by atoms with Crippen molar-refractivity contribution in [2.45, 2.75) is 12.5 Å². The van der Waals surface area contributed by atoms with Gasteiger partial charge in [-0.25, -0.2) is 0 Å². The number of aromatic amines is 2. The van der Waals surface area contributed by atoms with Crippen molar-refractivity contribution in [2.24, 2.45) is 5.73 Å². The van der Waals surface area contributed by atoms with Crippen LogP contribution in [0.5, 0.6) is 0 Å². The van der Waals surface area contributed by atoms with E-state index in [0.717, 1.165) is 0 Å². The quantitative estimate of drug-likeness (QED) is 0.385. The number of nitrogens with zero attached hydrogens (tertiary/aromatic N) is 1. The fourth-order valence-electron chi connectivity index (χ4n) is 1.19. The van der Waals surface area contributed by atoms with Crippen LogP contribution in [-0.2, 0) is 16.0 Å². The molecule has 0 aliphatic rings. The lowest BCUT2D eigenvalue weighted by atomic mass is 10.2. The molecule has 20 heavy (non-hydrogen) atoms. The van der Waals surface area contributed by atoms with Gasteiger partial charge in [-0.2, -0.15) is 0 Å². The van der Waals surface area contributed by atoms with Crippen molar-refractivity contribution in [1.29, 1.82) is 0 Å². The zero-order valence-electron chi connectivity index (χ0n) is 11.7. The van der Waals surface area contributed by atoms with Crippen molar-refractivity contribution in [1.82, 2.24) is 9.97 Å². The fraction of sp³-hybridized carbons (Fsp3) is 0.545. The molecule has 1 rings (SSSR count). The Morgan fingerprint density at radius 1 is 1.50 bits per heavy atom. The van der Waals surface area contributed by atoms with Crippen molar-refractivity contribution in [3.8, 4) is 0 Å². The van der Waals surface area contributed by atoms with Crippen LogP contribution in [0.2, 0.25) is 0 Å². The summed E-state index contributed by atoms with van der Waals surface area (Å²) in [4.78, 5) is 25.7. The first kappa shape index (κ1) is 18.3. The van der Waals surface area contributed by atoms with E-state index < -0.39 is 18.0 Å². The van der Waals surface area contributed by atoms with E-state index in [1.165, 1.54) is 0 Å². The number of carbonyl (C=O) groups excluding carboxylic acids is 1. The number of carboxylic acids is 2. The van der Waals surface area contributed by atoms with Gasteiger partial charge in [-0.1, -0.05) is 0 Å². The summed E-state index contributed by atoms with van der Waals surface area (Å²) in [5.74, 6) is -2.02. The van der Waals surface area contributed by atoms with Crippen LogP contribution in [0.15, 0.2) is 6.20 Å². The number of imidazole rings is 1. The van der Waals surface area contributed by atoms with Crippen LogP contribution in [0.3, 0.4) is 0 Å². The number of aromatic nitrogens is 2. The molecular weight excluding hydrogens is 284 g/mol. The zero-order chi connectivity index (χ0) is 15.9. The molecule has 1 aromatic rings. The predicted octanol–water partition coefficient (Wildman–Crippen LogP) is -1.53. The molecule has 0 aliphatic carbocycles. The molecule has 0 saturated carbocycles. The van der Waals surface area contributed by atoms with Crippen molar-refractivity contribution in [3.05, 3.63) is 16.7 Å². The van der Waals surface area contributed by atoms with Crippen LogP contribution in [0.25, 0.3) is 0 Å². The summed E-state index contributed by atoms with van der Waals surface area (Å²) in [7, 11) is 5.40. The Bertz CT molecular complexity index is 503. The average Bonchev–Trinajstić information content (AvgIpc) is 2.60. The Morgan fingerprint density at radius 3 is 2.30 bits per heavy atom. The zero-order valence-corrected chi connectivity index (χ0v) is 12.5. The van der Waals surface area contributed by atoms with Gasteiger partial charge in [-0.05, 0) is 12.2 Å². The van der Waals surface area contributed by atoms with Crippen LogP contribution in [-0.4, -0.2) is 65.2 Å². The highest BCUT2D eigenvalue weighted by atomic mass is 32.1. The molecular formula is C11H20N4O4S. The van der Waals surface area contributed by atoms with Crippen molar-refractivity contribution < 1.29 is 24.3 Å². The molecule has 0 fully saturated rings. The van der Waals surface area contributed by atoms with Gasteiger partial charge in [0.1, 0.15) is 12.6 Å². The maximum atomic E-state index is 10.3. The van der Waals surface area contributed by atoms with E-state index in [4.69, 9.17) is 23.1 Å². The molecule has 0 radical (unpaired) electrons. The summed E-state index contributed by atoms with van der Waals surface area (Å²) in [6, 6.07) is -0.883. The Kier molecular flexibility index (Phi) is 7.11. The van der Waals surface area contributed by atoms with Crippen LogP contribution in [0.1, 0.15) is 5.69 Å². The molecule has 0 spiro atoms. The molecule has 0 saturated heterocycles. The number of hydrogen-bond donors (Lipinski definition) is 4. The van der Waals surface area contributed by atoms with Crippen LogP contribution in [0, 0.1) is 4.77 Å². The first-order chi connectivity index (χ1) is 9.01. The number of aliphatic carboxylic acids is 2. The van der Waals surface area contributed by atoms with Gasteiger partial charge >= 0.3 is 5.97 Å². The second kappa shape index (κ2) is 7.78. The molecule has 1 aromatic heterocycles. The number of H-pyrrole nitrogens is 2. The lowest BCUT2D eigenvalue weighted by Gasteiger charge is -2.23. The van der Waals surface area contributed by atoms with Gasteiger partial charge in [-0.3, -0.25) is 4.79 Å². The van der Waals surface area contributed by atoms with Gasteiger partial charge in [0, 0.05) is 18.3 Å². The average molecular weight is 304 g/mol. The minimum atomic E-state index is -1.02. The Balaban J connectivity index is 0.000000396. The number of carboxylic acid groups (broad SMARTS) is 2. The Labute approximate surface area is 121 Å². The van der Waals surface area contributed by atoms with Crippen LogP contribution >= 0.6 is 12.2 Å². The van der Waals surface area contributed by atoms with Gasteiger partial charge in [0.25, 0.3) is 0 Å². The largest absolute Gasteiger partial charge is 0.544 e. The van der Waals surface area contributed by atoms with Crippen LogP contribution in [0.4, 0.5) is 0 Å². The molecule has 5 N–H and O–H groups in total. The molecule has 0 aromatic carbocycles. The van der Waals surface area contributed by atoms with E-state index in [9.17, 15) is 14.7 Å². The summed E-state index contributed by atoms with van der Waals surface area (Å²) >= 11 is 4.75. The summed E-state index contributed by atoms with van der Waals surface area (Å²) in [6.07, 6.45) is 1.87. The third kappa shape index (κ3) is 9.25. The second-order valence-electron chi connectivity index (χ2n) is 5.24. The van der Waals surface area contributed by atoms with E-state index in [2.05, 4.69) is 9.97 Å². The highest BCUT2D eigenvalue weighted by molar-refractivity contribution is 7.71. The fourth-order valence-corrected chi connectivity index (χ4v) is 1.38. The molecule has 114 valence electrons. The number of rotatable bonds is 5. The van der Waals surface area contributed by atoms with Gasteiger partial charge in [-0.15, -0.1) is 0 Å². The lowest BCUT2D eigenvalue weighted by Crippen LogP contribution is -2.45. The highest BCUT2D eigenvalue weighted by Crippen LogP contribution is 1.97. The van der Waals surface area contributed by atoms with Crippen molar-refractivity contribution in [2.75, 3.05) is 27.7 Å². The predicted molar refractivity (Wildman–Crippen MR) is 73.2 cm³/mol. The third-order valence-electron chi connectivity index (χ3n) is 2.01. The third-order valence-corrected chi connectivity index (χ3v) is 2.23. The first-order valence-electron chi connectivity index (χ1n) is 5.76. The van der Waals surface area contributed by atoms with E-state index in [1.54, 1.807) is 27.3 Å². The Morgan fingerprint density at radius 2 is 2.05 bits per heavy atom. The first-order valence-corrected chi connectivity index (χ1v) is 6.17. The van der Waals surface area contributed by atoms with Gasteiger partial charge < -0.3 is 35.2 Å². The summed E-state index contributed by atoms with van der Waals surface area (Å²) in [5, 5.41) is 18.4. The van der Waals surface area contributed by atoms with Gasteiger partial charge in [0.05, 0.1) is 27.1 Å². The summed E-state index contributed by atoms with van der Waals surface area (Å²) < 4.78 is 0.894. The number of nitrogens with two attached hydrogens (primary N) is 1. The number of nitrogens with one attached hydrogen (secondary N) is 2. The highest BCUT2D eigenvalue weighted by Gasteiger charge is 2.12. The summed E-state index contributed by atoms with van der Waals surface area (Å²) in [5.41, 5.74) is 5.99. The minimum Gasteiger partial charge on any atom is -0.544 e. The molecule has 9 heteroatoms. The van der Waals surface area contributed by atoms with Crippen molar-refractivity contribution >= 4 is 24.2 Å². The monoisotopic (exact) mass is 304 g/mol. The number of quaternary nitrogens is 1. The smallest absolute Gasteiger partial charge is 0.320 e. The molecule has 1 heterocycles. The normalized spacial score (nSPS) is 12.2. The van der Waals surface area contributed by atoms with E-state index in [0.29, 0.717) is 14.9 Å². The molecule has 0 bridgehead atoms. The van der Waals surface area contributed by atoms with Gasteiger partial charge in [0.15, 0.2) is 4.77 Å². The number of carbonyl (C=O) groups is 2. The van der Waals surface area contributed by atoms with E-state index in [-0.39, 0.29) is 13.0 Å². The van der Waals surface area contributed by atoms with E-state index in [1.807, 2.05) is 0 Å². The second-order valence-corrected chi connectivity index (χ2v) is 5.65. The Hall–Kier alpha value is -1.71.